The number of hydrogen-bond acceptors (Lipinski definition) is 5. The maximum atomic E-state index is 11.4. The van der Waals surface area contributed by atoms with Crippen LogP contribution < -0.4 is 5.73 Å². The summed E-state index contributed by atoms with van der Waals surface area (Å²) in [6.07, 6.45) is 6.04. The first-order chi connectivity index (χ1) is 15.8. The third-order valence-corrected chi connectivity index (χ3v) is 9.08. The SMILES string of the molecule is Cc1c(-c2[nH]c3sc(C4CC5C[C@H]4CN5CC(N)=O)cc3c2C(C)C)cn2ncnc2c1C. The van der Waals surface area contributed by atoms with Crippen LogP contribution in [-0.4, -0.2) is 49.5 Å². The summed E-state index contributed by atoms with van der Waals surface area (Å²) < 4.78 is 1.88. The maximum absolute atomic E-state index is 11.4. The van der Waals surface area contributed by atoms with E-state index < -0.39 is 0 Å². The second-order valence-electron chi connectivity index (χ2n) is 10.2. The lowest BCUT2D eigenvalue weighted by Gasteiger charge is -2.30. The molecule has 7 nitrogen and oxygen atoms in total. The van der Waals surface area contributed by atoms with E-state index in [1.165, 1.54) is 49.5 Å². The standard InChI is InChI=1S/C25H30N6OS/c1-12(2)22-18-7-20(17-6-16-5-15(17)8-30(16)10-21(26)32)33-25(18)29-23(22)19-9-31-24(27-11-28-31)14(4)13(19)3/h7,9,11-12,15-17,29H,5-6,8,10H2,1-4H3,(H2,26,32)/t15-,16?,17?/m0/s1. The molecule has 6 rings (SSSR count). The molecule has 1 amide bonds. The number of thiophene rings is 1. The van der Waals surface area contributed by atoms with E-state index in [1.807, 2.05) is 15.9 Å². The van der Waals surface area contributed by atoms with Gasteiger partial charge < -0.3 is 10.7 Å². The van der Waals surface area contributed by atoms with Gasteiger partial charge in [-0.05, 0) is 67.2 Å². The molecule has 0 aromatic carbocycles. The number of H-pyrrole nitrogens is 1. The number of nitrogens with one attached hydrogen (secondary N) is 1. The number of aromatic nitrogens is 4. The van der Waals surface area contributed by atoms with Crippen molar-refractivity contribution >= 4 is 33.1 Å². The number of pyridine rings is 1. The van der Waals surface area contributed by atoms with E-state index in [1.54, 1.807) is 6.33 Å². The Hall–Kier alpha value is -2.71. The van der Waals surface area contributed by atoms with Crippen molar-refractivity contribution in [3.63, 3.8) is 0 Å². The monoisotopic (exact) mass is 462 g/mol. The van der Waals surface area contributed by atoms with E-state index in [-0.39, 0.29) is 5.91 Å². The number of amides is 1. The molecule has 0 spiro atoms. The highest BCUT2D eigenvalue weighted by Gasteiger charge is 2.46. The number of likely N-dealkylation sites (tertiary alicyclic amines) is 1. The molecule has 3 atom stereocenters. The zero-order chi connectivity index (χ0) is 23.0. The molecule has 4 aromatic heterocycles. The smallest absolute Gasteiger partial charge is 0.231 e. The highest BCUT2D eigenvalue weighted by atomic mass is 32.1. The van der Waals surface area contributed by atoms with Gasteiger partial charge in [-0.15, -0.1) is 11.3 Å². The molecule has 2 bridgehead atoms. The number of aromatic amines is 1. The molecular formula is C25H30N6OS. The van der Waals surface area contributed by atoms with E-state index in [9.17, 15) is 4.79 Å². The molecule has 0 radical (unpaired) electrons. The predicted octanol–water partition coefficient (Wildman–Crippen LogP) is 4.34. The van der Waals surface area contributed by atoms with Gasteiger partial charge in [0.1, 0.15) is 11.2 Å². The molecule has 1 saturated carbocycles. The number of carbonyl (C=O) groups is 1. The summed E-state index contributed by atoms with van der Waals surface area (Å²) in [4.78, 5) is 24.6. The van der Waals surface area contributed by atoms with Crippen molar-refractivity contribution in [2.24, 2.45) is 11.7 Å². The van der Waals surface area contributed by atoms with E-state index >= 15 is 0 Å². The van der Waals surface area contributed by atoms with Crippen molar-refractivity contribution in [2.75, 3.05) is 13.1 Å². The first kappa shape index (κ1) is 20.9. The zero-order valence-electron chi connectivity index (χ0n) is 19.6. The van der Waals surface area contributed by atoms with Gasteiger partial charge in [-0.1, -0.05) is 13.8 Å². The molecule has 1 aliphatic heterocycles. The van der Waals surface area contributed by atoms with Gasteiger partial charge in [-0.25, -0.2) is 9.50 Å². The highest BCUT2D eigenvalue weighted by molar-refractivity contribution is 7.18. The van der Waals surface area contributed by atoms with Crippen molar-refractivity contribution in [1.82, 2.24) is 24.5 Å². The molecule has 2 aliphatic rings. The average Bonchev–Trinajstić information content (AvgIpc) is 3.54. The molecule has 8 heteroatoms. The van der Waals surface area contributed by atoms with Crippen LogP contribution in [0, 0.1) is 19.8 Å². The minimum atomic E-state index is -0.216. The number of fused-ring (bicyclic) bond motifs is 4. The second-order valence-corrected chi connectivity index (χ2v) is 11.3. The number of carbonyl (C=O) groups excluding carboxylic acids is 1. The molecule has 1 saturated heterocycles. The molecule has 172 valence electrons. The lowest BCUT2D eigenvalue weighted by molar-refractivity contribution is -0.119. The van der Waals surface area contributed by atoms with Gasteiger partial charge in [-0.3, -0.25) is 9.69 Å². The van der Waals surface area contributed by atoms with Crippen LogP contribution in [0.5, 0.6) is 0 Å². The third-order valence-electron chi connectivity index (χ3n) is 7.90. The van der Waals surface area contributed by atoms with E-state index in [0.29, 0.717) is 30.3 Å². The highest BCUT2D eigenvalue weighted by Crippen LogP contribution is 2.51. The number of nitrogens with two attached hydrogens (primary N) is 1. The van der Waals surface area contributed by atoms with Crippen molar-refractivity contribution in [2.45, 2.75) is 58.4 Å². The van der Waals surface area contributed by atoms with Gasteiger partial charge in [-0.2, -0.15) is 5.10 Å². The first-order valence-corrected chi connectivity index (χ1v) is 12.6. The Balaban J connectivity index is 1.39. The largest absolute Gasteiger partial charge is 0.369 e. The van der Waals surface area contributed by atoms with Gasteiger partial charge in [0.25, 0.3) is 0 Å². The molecule has 4 aromatic rings. The Morgan fingerprint density at radius 2 is 2.12 bits per heavy atom. The summed E-state index contributed by atoms with van der Waals surface area (Å²) in [5.41, 5.74) is 12.6. The van der Waals surface area contributed by atoms with E-state index in [2.05, 4.69) is 59.9 Å². The van der Waals surface area contributed by atoms with Crippen LogP contribution in [0.15, 0.2) is 18.6 Å². The number of primary amides is 1. The van der Waals surface area contributed by atoms with Crippen LogP contribution in [0.2, 0.25) is 0 Å². The molecule has 1 aliphatic carbocycles. The molecule has 5 heterocycles. The molecule has 3 N–H and O–H groups in total. The number of piperidine rings is 1. The van der Waals surface area contributed by atoms with Crippen molar-refractivity contribution < 1.29 is 4.79 Å². The van der Waals surface area contributed by atoms with E-state index in [4.69, 9.17) is 5.73 Å². The minimum absolute atomic E-state index is 0.216. The lowest BCUT2D eigenvalue weighted by atomic mass is 9.91. The molecule has 2 fully saturated rings. The number of hydrogen-bond donors (Lipinski definition) is 2. The Labute approximate surface area is 197 Å². The Bertz CT molecular complexity index is 1400. The van der Waals surface area contributed by atoms with Gasteiger partial charge in [0.2, 0.25) is 5.91 Å². The summed E-state index contributed by atoms with van der Waals surface area (Å²) in [6.45, 7) is 10.2. The molecular weight excluding hydrogens is 432 g/mol. The summed E-state index contributed by atoms with van der Waals surface area (Å²) in [6, 6.07) is 2.93. The fourth-order valence-electron chi connectivity index (χ4n) is 6.26. The van der Waals surface area contributed by atoms with Crippen LogP contribution in [0.1, 0.15) is 60.1 Å². The Morgan fingerprint density at radius 3 is 2.82 bits per heavy atom. The van der Waals surface area contributed by atoms with Crippen molar-refractivity contribution in [1.29, 1.82) is 0 Å². The topological polar surface area (TPSA) is 92.3 Å². The van der Waals surface area contributed by atoms with Crippen molar-refractivity contribution in [3.8, 4) is 11.3 Å². The lowest BCUT2D eigenvalue weighted by Crippen LogP contribution is -2.40. The van der Waals surface area contributed by atoms with Crippen LogP contribution in [0.3, 0.4) is 0 Å². The van der Waals surface area contributed by atoms with Crippen LogP contribution in [0.25, 0.3) is 27.1 Å². The van der Waals surface area contributed by atoms with Crippen LogP contribution in [-0.2, 0) is 4.79 Å². The summed E-state index contributed by atoms with van der Waals surface area (Å²) >= 11 is 1.91. The van der Waals surface area contributed by atoms with Crippen LogP contribution >= 0.6 is 11.3 Å². The predicted molar refractivity (Wildman–Crippen MR) is 132 cm³/mol. The van der Waals surface area contributed by atoms with Gasteiger partial charge in [0.05, 0.1) is 12.2 Å². The summed E-state index contributed by atoms with van der Waals surface area (Å²) in [5.74, 6) is 1.39. The van der Waals surface area contributed by atoms with Gasteiger partial charge in [0.15, 0.2) is 5.65 Å². The second kappa shape index (κ2) is 7.40. The minimum Gasteiger partial charge on any atom is -0.369 e. The zero-order valence-corrected chi connectivity index (χ0v) is 20.4. The summed E-state index contributed by atoms with van der Waals surface area (Å²) in [7, 11) is 0. The third kappa shape index (κ3) is 3.14. The van der Waals surface area contributed by atoms with Gasteiger partial charge >= 0.3 is 0 Å². The first-order valence-electron chi connectivity index (χ1n) is 11.8. The van der Waals surface area contributed by atoms with Gasteiger partial charge in [0, 0.05) is 34.6 Å². The van der Waals surface area contributed by atoms with E-state index in [0.717, 1.165) is 18.6 Å². The fraction of sp³-hybridized carbons (Fsp3) is 0.480. The quantitative estimate of drug-likeness (QED) is 0.461. The number of rotatable bonds is 5. The maximum Gasteiger partial charge on any atom is 0.231 e. The number of aryl methyl sites for hydroxylation is 1. The fourth-order valence-corrected chi connectivity index (χ4v) is 7.54. The number of nitrogens with zero attached hydrogens (tertiary/aromatic N) is 4. The average molecular weight is 463 g/mol. The summed E-state index contributed by atoms with van der Waals surface area (Å²) in [5, 5.41) is 5.75. The Morgan fingerprint density at radius 1 is 1.30 bits per heavy atom. The van der Waals surface area contributed by atoms with Crippen molar-refractivity contribution in [3.05, 3.63) is 40.2 Å². The normalized spacial score (nSPS) is 23.0. The van der Waals surface area contributed by atoms with Crippen LogP contribution in [0.4, 0.5) is 0 Å². The Kier molecular flexibility index (Phi) is 4.68. The molecule has 2 unspecified atom stereocenters. The molecule has 33 heavy (non-hydrogen) atoms.